The van der Waals surface area contributed by atoms with Gasteiger partial charge in [0.1, 0.15) is 0 Å². The molecule has 1 aliphatic heterocycles. The topological polar surface area (TPSA) is 43.7 Å². The fourth-order valence-corrected chi connectivity index (χ4v) is 2.14. The summed E-state index contributed by atoms with van der Waals surface area (Å²) in [6, 6.07) is 3.34. The summed E-state index contributed by atoms with van der Waals surface area (Å²) in [7, 11) is 0. The Morgan fingerprint density at radius 2 is 1.60 bits per heavy atom. The molecule has 0 bridgehead atoms. The van der Waals surface area contributed by atoms with Gasteiger partial charge in [0, 0.05) is 19.6 Å². The Balaban J connectivity index is 2.17. The second-order valence-corrected chi connectivity index (χ2v) is 4.67. The van der Waals surface area contributed by atoms with Gasteiger partial charge in [0.25, 0.3) is 0 Å². The molecule has 15 heavy (non-hydrogen) atoms. The summed E-state index contributed by atoms with van der Waals surface area (Å²) >= 11 is 0. The smallest absolute Gasteiger partial charge is 0.157 e. The van der Waals surface area contributed by atoms with Crippen LogP contribution < -0.4 is 0 Å². The summed E-state index contributed by atoms with van der Waals surface area (Å²) in [5.41, 5.74) is 2.26. The van der Waals surface area contributed by atoms with Crippen molar-refractivity contribution in [2.45, 2.75) is 26.9 Å². The number of fused-ring (bicyclic) bond motifs is 1. The van der Waals surface area contributed by atoms with Crippen molar-refractivity contribution in [3.05, 3.63) is 23.3 Å². The third kappa shape index (κ3) is 2.07. The summed E-state index contributed by atoms with van der Waals surface area (Å²) in [5, 5.41) is 18.8. The molecule has 0 spiro atoms. The molecule has 1 aromatic rings. The van der Waals surface area contributed by atoms with E-state index >= 15 is 0 Å². The molecule has 3 nitrogen and oxygen atoms in total. The molecule has 0 saturated carbocycles. The lowest BCUT2D eigenvalue weighted by Gasteiger charge is -2.16. The number of hydrogen-bond donors (Lipinski definition) is 2. The van der Waals surface area contributed by atoms with Crippen molar-refractivity contribution >= 4 is 0 Å². The lowest BCUT2D eigenvalue weighted by molar-refractivity contribution is 0.251. The molecular formula is C12H17NO2. The van der Waals surface area contributed by atoms with Gasteiger partial charge in [-0.15, -0.1) is 0 Å². The van der Waals surface area contributed by atoms with Crippen LogP contribution in [-0.2, 0) is 13.1 Å². The monoisotopic (exact) mass is 207 g/mol. The van der Waals surface area contributed by atoms with Crippen molar-refractivity contribution in [3.8, 4) is 11.5 Å². The van der Waals surface area contributed by atoms with E-state index in [4.69, 9.17) is 0 Å². The van der Waals surface area contributed by atoms with Crippen molar-refractivity contribution in [2.24, 2.45) is 5.92 Å². The van der Waals surface area contributed by atoms with E-state index in [0.29, 0.717) is 5.92 Å². The number of rotatable bonds is 2. The van der Waals surface area contributed by atoms with E-state index in [1.54, 1.807) is 12.1 Å². The van der Waals surface area contributed by atoms with Gasteiger partial charge >= 0.3 is 0 Å². The number of phenols is 2. The van der Waals surface area contributed by atoms with E-state index < -0.39 is 0 Å². The summed E-state index contributed by atoms with van der Waals surface area (Å²) in [6.45, 7) is 7.19. The van der Waals surface area contributed by atoms with E-state index in [-0.39, 0.29) is 11.5 Å². The Morgan fingerprint density at radius 3 is 2.00 bits per heavy atom. The molecule has 0 radical (unpaired) electrons. The van der Waals surface area contributed by atoms with Gasteiger partial charge in [0.05, 0.1) is 0 Å². The molecule has 1 heterocycles. The van der Waals surface area contributed by atoms with Crippen LogP contribution in [0.4, 0.5) is 0 Å². The quantitative estimate of drug-likeness (QED) is 0.730. The molecule has 82 valence electrons. The zero-order valence-electron chi connectivity index (χ0n) is 9.20. The molecular weight excluding hydrogens is 190 g/mol. The van der Waals surface area contributed by atoms with Crippen LogP contribution in [0.25, 0.3) is 0 Å². The van der Waals surface area contributed by atoms with Crippen LogP contribution in [0.2, 0.25) is 0 Å². The molecule has 0 aliphatic carbocycles. The second kappa shape index (κ2) is 3.74. The first-order valence-corrected chi connectivity index (χ1v) is 5.32. The normalized spacial score (nSPS) is 15.9. The Labute approximate surface area is 90.0 Å². The molecule has 0 saturated heterocycles. The average Bonchev–Trinajstić information content (AvgIpc) is 2.46. The molecule has 3 heteroatoms. The first-order chi connectivity index (χ1) is 7.06. The number of aromatic hydroxyl groups is 2. The van der Waals surface area contributed by atoms with Gasteiger partial charge in [0.15, 0.2) is 11.5 Å². The van der Waals surface area contributed by atoms with Crippen LogP contribution in [0.1, 0.15) is 25.0 Å². The minimum Gasteiger partial charge on any atom is -0.504 e. The maximum absolute atomic E-state index is 9.38. The van der Waals surface area contributed by atoms with Crippen molar-refractivity contribution in [2.75, 3.05) is 6.54 Å². The molecule has 2 rings (SSSR count). The highest BCUT2D eigenvalue weighted by Crippen LogP contribution is 2.33. The SMILES string of the molecule is CC(C)CN1Cc2cc(O)c(O)cc2C1. The summed E-state index contributed by atoms with van der Waals surface area (Å²) in [6.07, 6.45) is 0. The van der Waals surface area contributed by atoms with E-state index in [9.17, 15) is 10.2 Å². The third-order valence-corrected chi connectivity index (χ3v) is 2.71. The van der Waals surface area contributed by atoms with E-state index in [1.807, 2.05) is 0 Å². The third-order valence-electron chi connectivity index (χ3n) is 2.71. The summed E-state index contributed by atoms with van der Waals surface area (Å²) < 4.78 is 0. The predicted molar refractivity (Wildman–Crippen MR) is 58.7 cm³/mol. The standard InChI is InChI=1S/C12H17NO2/c1-8(2)5-13-6-9-3-11(14)12(15)4-10(9)7-13/h3-4,8,14-15H,5-7H2,1-2H3. The van der Waals surface area contributed by atoms with Crippen LogP contribution in [0.15, 0.2) is 12.1 Å². The number of benzene rings is 1. The summed E-state index contributed by atoms with van der Waals surface area (Å²) in [4.78, 5) is 2.33. The molecule has 0 fully saturated rings. The molecule has 1 aromatic carbocycles. The Hall–Kier alpha value is -1.22. The zero-order valence-corrected chi connectivity index (χ0v) is 9.20. The Kier molecular flexibility index (Phi) is 2.57. The maximum Gasteiger partial charge on any atom is 0.157 e. The van der Waals surface area contributed by atoms with Crippen molar-refractivity contribution in [3.63, 3.8) is 0 Å². The van der Waals surface area contributed by atoms with E-state index in [1.165, 1.54) is 0 Å². The van der Waals surface area contributed by atoms with E-state index in [0.717, 1.165) is 30.8 Å². The molecule has 0 aromatic heterocycles. The van der Waals surface area contributed by atoms with Gasteiger partial charge in [0.2, 0.25) is 0 Å². The van der Waals surface area contributed by atoms with Crippen LogP contribution in [0.5, 0.6) is 11.5 Å². The van der Waals surface area contributed by atoms with Crippen molar-refractivity contribution < 1.29 is 10.2 Å². The van der Waals surface area contributed by atoms with Crippen LogP contribution in [-0.4, -0.2) is 21.7 Å². The molecule has 0 atom stereocenters. The largest absolute Gasteiger partial charge is 0.504 e. The minimum absolute atomic E-state index is 0.0138. The lowest BCUT2D eigenvalue weighted by atomic mass is 10.1. The maximum atomic E-state index is 9.38. The first-order valence-electron chi connectivity index (χ1n) is 5.32. The fraction of sp³-hybridized carbons (Fsp3) is 0.500. The minimum atomic E-state index is -0.0138. The summed E-state index contributed by atoms with van der Waals surface area (Å²) in [5.74, 6) is 0.613. The van der Waals surface area contributed by atoms with Crippen LogP contribution in [0, 0.1) is 5.92 Å². The Bertz CT molecular complexity index is 343. The number of hydrogen-bond acceptors (Lipinski definition) is 3. The average molecular weight is 207 g/mol. The van der Waals surface area contributed by atoms with Gasteiger partial charge < -0.3 is 10.2 Å². The number of phenolic OH excluding ortho intramolecular Hbond substituents is 2. The Morgan fingerprint density at radius 1 is 1.13 bits per heavy atom. The highest BCUT2D eigenvalue weighted by Gasteiger charge is 2.21. The predicted octanol–water partition coefficient (Wildman–Crippen LogP) is 2.07. The molecule has 0 amide bonds. The molecule has 2 N–H and O–H groups in total. The van der Waals surface area contributed by atoms with Crippen LogP contribution in [0.3, 0.4) is 0 Å². The van der Waals surface area contributed by atoms with Gasteiger partial charge in [-0.1, -0.05) is 13.8 Å². The highest BCUT2D eigenvalue weighted by atomic mass is 16.3. The van der Waals surface area contributed by atoms with Crippen molar-refractivity contribution in [1.29, 1.82) is 0 Å². The van der Waals surface area contributed by atoms with Gasteiger partial charge in [-0.2, -0.15) is 0 Å². The van der Waals surface area contributed by atoms with Gasteiger partial charge in [-0.3, -0.25) is 4.90 Å². The van der Waals surface area contributed by atoms with Crippen molar-refractivity contribution in [1.82, 2.24) is 4.90 Å². The zero-order chi connectivity index (χ0) is 11.0. The van der Waals surface area contributed by atoms with Crippen LogP contribution >= 0.6 is 0 Å². The highest BCUT2D eigenvalue weighted by molar-refractivity contribution is 5.46. The first kappa shape index (κ1) is 10.3. The lowest BCUT2D eigenvalue weighted by Crippen LogP contribution is -2.21. The van der Waals surface area contributed by atoms with E-state index in [2.05, 4.69) is 18.7 Å². The van der Waals surface area contributed by atoms with Gasteiger partial charge in [-0.05, 0) is 29.2 Å². The van der Waals surface area contributed by atoms with Gasteiger partial charge in [-0.25, -0.2) is 0 Å². The fourth-order valence-electron chi connectivity index (χ4n) is 2.14. The molecule has 0 unspecified atom stereocenters. The molecule has 1 aliphatic rings. The number of nitrogens with zero attached hydrogens (tertiary/aromatic N) is 1. The second-order valence-electron chi connectivity index (χ2n) is 4.67.